The van der Waals surface area contributed by atoms with E-state index in [1.165, 1.54) is 0 Å². The fourth-order valence-corrected chi connectivity index (χ4v) is 3.19. The molecule has 3 aromatic rings. The van der Waals surface area contributed by atoms with Crippen LogP contribution in [-0.4, -0.2) is 57.1 Å². The minimum absolute atomic E-state index is 0.228. The van der Waals surface area contributed by atoms with Crippen LogP contribution in [0.2, 0.25) is 0 Å². The molecule has 2 aromatic carbocycles. The largest absolute Gasteiger partial charge is 0.497 e. The van der Waals surface area contributed by atoms with Crippen LogP contribution in [0.15, 0.2) is 42.6 Å². The van der Waals surface area contributed by atoms with Gasteiger partial charge < -0.3 is 20.3 Å². The third-order valence-corrected chi connectivity index (χ3v) is 4.66. The standard InChI is InChI=1S/C18H20N4O3/c1-25-14-5-4-11-6-13(3-2-12(11)7-14)15-9-22(21-20-15)10-16-18(24)17(23)8-19-16/h2-7,9,16-19,23-24H,8,10H2,1H3/t16-,17+,18-/m0/s1. The minimum Gasteiger partial charge on any atom is -0.497 e. The molecule has 7 nitrogen and oxygen atoms in total. The molecule has 1 aliphatic heterocycles. The number of methoxy groups -OCH3 is 1. The monoisotopic (exact) mass is 340 g/mol. The van der Waals surface area contributed by atoms with Crippen LogP contribution in [0.5, 0.6) is 5.75 Å². The second-order valence-corrected chi connectivity index (χ2v) is 6.33. The van der Waals surface area contributed by atoms with E-state index in [9.17, 15) is 10.2 Å². The van der Waals surface area contributed by atoms with E-state index in [1.54, 1.807) is 11.8 Å². The van der Waals surface area contributed by atoms with Crippen molar-refractivity contribution in [1.82, 2.24) is 20.3 Å². The number of aliphatic hydroxyl groups is 2. The van der Waals surface area contributed by atoms with E-state index in [4.69, 9.17) is 4.74 Å². The Morgan fingerprint density at radius 2 is 2.00 bits per heavy atom. The molecule has 0 aliphatic carbocycles. The first-order valence-corrected chi connectivity index (χ1v) is 8.22. The fraction of sp³-hybridized carbons (Fsp3) is 0.333. The number of nitrogens with zero attached hydrogens (tertiary/aromatic N) is 3. The number of fused-ring (bicyclic) bond motifs is 1. The number of benzene rings is 2. The van der Waals surface area contributed by atoms with Crippen LogP contribution in [0.1, 0.15) is 0 Å². The maximum Gasteiger partial charge on any atom is 0.119 e. The van der Waals surface area contributed by atoms with E-state index in [0.29, 0.717) is 13.1 Å². The Hall–Kier alpha value is -2.48. The average molecular weight is 340 g/mol. The van der Waals surface area contributed by atoms with Crippen molar-refractivity contribution in [2.24, 2.45) is 0 Å². The highest BCUT2D eigenvalue weighted by atomic mass is 16.5. The smallest absolute Gasteiger partial charge is 0.119 e. The Balaban J connectivity index is 1.56. The molecule has 0 bridgehead atoms. The zero-order valence-electron chi connectivity index (χ0n) is 13.8. The van der Waals surface area contributed by atoms with E-state index < -0.39 is 12.2 Å². The van der Waals surface area contributed by atoms with Gasteiger partial charge in [0.15, 0.2) is 0 Å². The van der Waals surface area contributed by atoms with Gasteiger partial charge in [-0.15, -0.1) is 5.10 Å². The van der Waals surface area contributed by atoms with Gasteiger partial charge in [-0.25, -0.2) is 0 Å². The number of ether oxygens (including phenoxy) is 1. The molecule has 7 heteroatoms. The van der Waals surface area contributed by atoms with E-state index in [2.05, 4.69) is 21.7 Å². The van der Waals surface area contributed by atoms with Gasteiger partial charge >= 0.3 is 0 Å². The summed E-state index contributed by atoms with van der Waals surface area (Å²) in [6.07, 6.45) is 0.331. The molecule has 2 heterocycles. The van der Waals surface area contributed by atoms with Gasteiger partial charge in [0.05, 0.1) is 38.1 Å². The van der Waals surface area contributed by atoms with Crippen molar-refractivity contribution in [2.75, 3.05) is 13.7 Å². The number of rotatable bonds is 4. The second-order valence-electron chi connectivity index (χ2n) is 6.33. The molecule has 4 rings (SSSR count). The summed E-state index contributed by atoms with van der Waals surface area (Å²) in [5.74, 6) is 0.830. The number of nitrogens with one attached hydrogen (secondary N) is 1. The van der Waals surface area contributed by atoms with Gasteiger partial charge in [-0.3, -0.25) is 4.68 Å². The van der Waals surface area contributed by atoms with Gasteiger partial charge in [0.2, 0.25) is 0 Å². The Labute approximate surface area is 144 Å². The SMILES string of the molecule is COc1ccc2cc(-c3cn(C[C@@H]4NC[C@@H](O)[C@H]4O)nn3)ccc2c1. The molecule has 1 aromatic heterocycles. The molecule has 3 N–H and O–H groups in total. The quantitative estimate of drug-likeness (QED) is 0.651. The molecule has 0 spiro atoms. The summed E-state index contributed by atoms with van der Waals surface area (Å²) in [7, 11) is 1.66. The lowest BCUT2D eigenvalue weighted by Gasteiger charge is -2.15. The summed E-state index contributed by atoms with van der Waals surface area (Å²) >= 11 is 0. The van der Waals surface area contributed by atoms with E-state index in [1.807, 2.05) is 36.5 Å². The normalized spacial score (nSPS) is 23.2. The molecule has 0 saturated carbocycles. The zero-order valence-corrected chi connectivity index (χ0v) is 13.8. The van der Waals surface area contributed by atoms with Crippen molar-refractivity contribution < 1.29 is 14.9 Å². The lowest BCUT2D eigenvalue weighted by atomic mass is 10.1. The van der Waals surface area contributed by atoms with E-state index in [0.717, 1.165) is 27.8 Å². The molecule has 0 amide bonds. The van der Waals surface area contributed by atoms with Crippen LogP contribution < -0.4 is 10.1 Å². The number of aromatic nitrogens is 3. The summed E-state index contributed by atoms with van der Waals surface area (Å²) in [5, 5.41) is 33.2. The van der Waals surface area contributed by atoms with Gasteiger partial charge in [0.1, 0.15) is 11.4 Å². The predicted octanol–water partition coefficient (Wildman–Crippen LogP) is 0.800. The lowest BCUT2D eigenvalue weighted by molar-refractivity contribution is 0.0372. The first-order chi connectivity index (χ1) is 12.1. The van der Waals surface area contributed by atoms with Crippen LogP contribution >= 0.6 is 0 Å². The van der Waals surface area contributed by atoms with Crippen molar-refractivity contribution in [3.05, 3.63) is 42.6 Å². The maximum absolute atomic E-state index is 9.92. The predicted molar refractivity (Wildman–Crippen MR) is 93.3 cm³/mol. The Morgan fingerprint density at radius 1 is 1.20 bits per heavy atom. The van der Waals surface area contributed by atoms with Gasteiger partial charge in [0, 0.05) is 12.1 Å². The molecule has 3 atom stereocenters. The van der Waals surface area contributed by atoms with E-state index in [-0.39, 0.29) is 6.04 Å². The Bertz CT molecular complexity index is 895. The molecule has 1 aliphatic rings. The van der Waals surface area contributed by atoms with Crippen molar-refractivity contribution >= 4 is 10.8 Å². The molecule has 1 saturated heterocycles. The number of hydrogen-bond acceptors (Lipinski definition) is 6. The third kappa shape index (κ3) is 3.09. The highest BCUT2D eigenvalue weighted by molar-refractivity contribution is 5.87. The number of hydrogen-bond donors (Lipinski definition) is 3. The summed E-state index contributed by atoms with van der Waals surface area (Å²) in [4.78, 5) is 0. The van der Waals surface area contributed by atoms with Crippen LogP contribution in [0.25, 0.3) is 22.0 Å². The first-order valence-electron chi connectivity index (χ1n) is 8.22. The molecular formula is C18H20N4O3. The van der Waals surface area contributed by atoms with Gasteiger partial charge in [0.25, 0.3) is 0 Å². The van der Waals surface area contributed by atoms with Gasteiger partial charge in [-0.05, 0) is 29.0 Å². The van der Waals surface area contributed by atoms with Crippen molar-refractivity contribution in [1.29, 1.82) is 0 Å². The topological polar surface area (TPSA) is 92.4 Å². The zero-order chi connectivity index (χ0) is 17.4. The van der Waals surface area contributed by atoms with E-state index >= 15 is 0 Å². The minimum atomic E-state index is -0.789. The van der Waals surface area contributed by atoms with Crippen molar-refractivity contribution in [3.8, 4) is 17.0 Å². The number of aliphatic hydroxyl groups excluding tert-OH is 2. The third-order valence-electron chi connectivity index (χ3n) is 4.66. The van der Waals surface area contributed by atoms with Crippen LogP contribution in [0.3, 0.4) is 0 Å². The second kappa shape index (κ2) is 6.44. The summed E-state index contributed by atoms with van der Waals surface area (Å²) in [5.41, 5.74) is 1.75. The molecular weight excluding hydrogens is 320 g/mol. The average Bonchev–Trinajstić information content (AvgIpc) is 3.23. The van der Waals surface area contributed by atoms with Crippen molar-refractivity contribution in [2.45, 2.75) is 24.8 Å². The van der Waals surface area contributed by atoms with Gasteiger partial charge in [-0.2, -0.15) is 0 Å². The molecule has 0 unspecified atom stereocenters. The molecule has 0 radical (unpaired) electrons. The van der Waals surface area contributed by atoms with Crippen LogP contribution in [-0.2, 0) is 6.54 Å². The summed E-state index contributed by atoms with van der Waals surface area (Å²) in [6, 6.07) is 11.8. The summed E-state index contributed by atoms with van der Waals surface area (Å²) in [6.45, 7) is 0.845. The van der Waals surface area contributed by atoms with Crippen molar-refractivity contribution in [3.63, 3.8) is 0 Å². The fourth-order valence-electron chi connectivity index (χ4n) is 3.19. The maximum atomic E-state index is 9.92. The van der Waals surface area contributed by atoms with Gasteiger partial charge in [-0.1, -0.05) is 23.4 Å². The lowest BCUT2D eigenvalue weighted by Crippen LogP contribution is -2.36. The highest BCUT2D eigenvalue weighted by Crippen LogP contribution is 2.26. The van der Waals surface area contributed by atoms with Crippen LogP contribution in [0, 0.1) is 0 Å². The number of β-amino-alcohol motifs (C(OH)–C–C–N with tert-alkyl or cyclic N) is 1. The molecule has 130 valence electrons. The first kappa shape index (κ1) is 16.0. The molecule has 25 heavy (non-hydrogen) atoms. The summed E-state index contributed by atoms with van der Waals surface area (Å²) < 4.78 is 6.94. The molecule has 1 fully saturated rings. The Morgan fingerprint density at radius 3 is 2.76 bits per heavy atom. The highest BCUT2D eigenvalue weighted by Gasteiger charge is 2.33. The Kier molecular flexibility index (Phi) is 4.12. The van der Waals surface area contributed by atoms with Crippen LogP contribution in [0.4, 0.5) is 0 Å².